The fourth-order valence-electron chi connectivity index (χ4n) is 2.28. The van der Waals surface area contributed by atoms with Crippen LogP contribution in [0.3, 0.4) is 0 Å². The maximum atomic E-state index is 12.1. The molecule has 0 saturated carbocycles. The molecule has 1 aliphatic heterocycles. The minimum Gasteiger partial charge on any atom is -0.508 e. The first-order valence-electron chi connectivity index (χ1n) is 8.03. The second-order valence-corrected chi connectivity index (χ2v) is 5.62. The Morgan fingerprint density at radius 2 is 1.96 bits per heavy atom. The zero-order valence-corrected chi connectivity index (χ0v) is 14.1. The normalized spacial score (nSPS) is 15.3. The average Bonchev–Trinajstić information content (AvgIpc) is 2.67. The Labute approximate surface area is 154 Å². The highest BCUT2D eigenvalue weighted by molar-refractivity contribution is 5.89. The van der Waals surface area contributed by atoms with Crippen LogP contribution in [0, 0.1) is 0 Å². The summed E-state index contributed by atoms with van der Waals surface area (Å²) in [6.45, 7) is -0.262. The highest BCUT2D eigenvalue weighted by atomic mass is 16.6. The summed E-state index contributed by atoms with van der Waals surface area (Å²) in [5.41, 5.74) is 2.53. The smallest absolute Gasteiger partial charge is 0.265 e. The molecule has 1 aliphatic rings. The highest BCUT2D eigenvalue weighted by Gasteiger charge is 2.27. The van der Waals surface area contributed by atoms with Crippen LogP contribution in [0.5, 0.6) is 23.0 Å². The number of benzene rings is 2. The van der Waals surface area contributed by atoms with Gasteiger partial charge in [-0.05, 0) is 24.3 Å². The molecule has 0 saturated heterocycles. The van der Waals surface area contributed by atoms with Gasteiger partial charge in [0.25, 0.3) is 11.8 Å². The number of carbonyl (C=O) groups is 2. The van der Waals surface area contributed by atoms with Gasteiger partial charge in [0.05, 0.1) is 12.8 Å². The van der Waals surface area contributed by atoms with E-state index < -0.39 is 17.9 Å². The number of fused-ring (bicyclic) bond motifs is 1. The van der Waals surface area contributed by atoms with Crippen LogP contribution in [0.15, 0.2) is 47.6 Å². The van der Waals surface area contributed by atoms with Crippen LogP contribution in [-0.2, 0) is 9.59 Å². The first-order chi connectivity index (χ1) is 13.0. The van der Waals surface area contributed by atoms with Gasteiger partial charge in [-0.25, -0.2) is 5.43 Å². The number of ether oxygens (including phenoxy) is 2. The van der Waals surface area contributed by atoms with Crippen LogP contribution in [0.25, 0.3) is 0 Å². The SMILES string of the molecule is O=C(CNC(=O)[C@@H]1COc2ccccc2O1)N/N=C/c1ccc(O)cc1O. The van der Waals surface area contributed by atoms with Crippen LogP contribution < -0.4 is 20.2 Å². The van der Waals surface area contributed by atoms with Crippen molar-refractivity contribution in [3.05, 3.63) is 48.0 Å². The summed E-state index contributed by atoms with van der Waals surface area (Å²) in [7, 11) is 0. The van der Waals surface area contributed by atoms with Gasteiger partial charge in [-0.2, -0.15) is 5.10 Å². The molecule has 0 unspecified atom stereocenters. The van der Waals surface area contributed by atoms with Gasteiger partial charge in [0, 0.05) is 11.6 Å². The maximum Gasteiger partial charge on any atom is 0.265 e. The lowest BCUT2D eigenvalue weighted by Crippen LogP contribution is -2.46. The number of hydrogen-bond acceptors (Lipinski definition) is 7. The van der Waals surface area contributed by atoms with Gasteiger partial charge < -0.3 is 25.0 Å². The molecule has 9 nitrogen and oxygen atoms in total. The van der Waals surface area contributed by atoms with E-state index in [-0.39, 0.29) is 24.7 Å². The quantitative estimate of drug-likeness (QED) is 0.447. The molecule has 0 fully saturated rings. The number of aromatic hydroxyl groups is 2. The molecule has 3 rings (SSSR count). The third-order valence-corrected chi connectivity index (χ3v) is 3.63. The third-order valence-electron chi connectivity index (χ3n) is 3.63. The lowest BCUT2D eigenvalue weighted by molar-refractivity contribution is -0.132. The molecule has 0 aromatic heterocycles. The second kappa shape index (κ2) is 8.09. The maximum absolute atomic E-state index is 12.1. The Morgan fingerprint density at radius 1 is 1.19 bits per heavy atom. The summed E-state index contributed by atoms with van der Waals surface area (Å²) in [5.74, 6) is -0.295. The largest absolute Gasteiger partial charge is 0.508 e. The zero-order valence-electron chi connectivity index (χ0n) is 14.1. The molecule has 9 heteroatoms. The van der Waals surface area contributed by atoms with Gasteiger partial charge >= 0.3 is 0 Å². The van der Waals surface area contributed by atoms with Crippen molar-refractivity contribution in [2.24, 2.45) is 5.10 Å². The summed E-state index contributed by atoms with van der Waals surface area (Å²) < 4.78 is 11.0. The van der Waals surface area contributed by atoms with E-state index in [0.29, 0.717) is 17.1 Å². The van der Waals surface area contributed by atoms with Crippen molar-refractivity contribution < 1.29 is 29.3 Å². The second-order valence-electron chi connectivity index (χ2n) is 5.62. The average molecular weight is 371 g/mol. The van der Waals surface area contributed by atoms with E-state index in [4.69, 9.17) is 9.47 Å². The molecular formula is C18H17N3O6. The van der Waals surface area contributed by atoms with Crippen LogP contribution in [-0.4, -0.2) is 47.5 Å². The lowest BCUT2D eigenvalue weighted by atomic mass is 10.2. The number of para-hydroxylation sites is 2. The van der Waals surface area contributed by atoms with Crippen molar-refractivity contribution >= 4 is 18.0 Å². The minimum atomic E-state index is -0.856. The van der Waals surface area contributed by atoms with E-state index in [1.807, 2.05) is 0 Å². The fraction of sp³-hybridized carbons (Fsp3) is 0.167. The molecule has 0 spiro atoms. The number of hydrazone groups is 1. The van der Waals surface area contributed by atoms with Gasteiger partial charge in [-0.15, -0.1) is 0 Å². The zero-order chi connectivity index (χ0) is 19.2. The Bertz CT molecular complexity index is 883. The van der Waals surface area contributed by atoms with Crippen molar-refractivity contribution in [1.29, 1.82) is 0 Å². The molecule has 2 amide bonds. The number of carbonyl (C=O) groups excluding carboxylic acids is 2. The summed E-state index contributed by atoms with van der Waals surface area (Å²) in [6.07, 6.45) is 0.355. The van der Waals surface area contributed by atoms with E-state index >= 15 is 0 Å². The summed E-state index contributed by atoms with van der Waals surface area (Å²) >= 11 is 0. The molecule has 0 bridgehead atoms. The van der Waals surface area contributed by atoms with Crippen molar-refractivity contribution in [3.8, 4) is 23.0 Å². The van der Waals surface area contributed by atoms with E-state index in [2.05, 4.69) is 15.8 Å². The van der Waals surface area contributed by atoms with Crippen LogP contribution in [0.4, 0.5) is 0 Å². The fourth-order valence-corrected chi connectivity index (χ4v) is 2.28. The first-order valence-corrected chi connectivity index (χ1v) is 8.03. The van der Waals surface area contributed by atoms with Crippen LogP contribution >= 0.6 is 0 Å². The number of phenols is 2. The molecule has 2 aromatic carbocycles. The Kier molecular flexibility index (Phi) is 5.41. The van der Waals surface area contributed by atoms with Gasteiger partial charge in [-0.1, -0.05) is 12.1 Å². The monoisotopic (exact) mass is 371 g/mol. The van der Waals surface area contributed by atoms with Gasteiger partial charge in [0.2, 0.25) is 6.10 Å². The van der Waals surface area contributed by atoms with Gasteiger partial charge in [0.15, 0.2) is 11.5 Å². The predicted molar refractivity (Wildman–Crippen MR) is 94.9 cm³/mol. The minimum absolute atomic E-state index is 0.0444. The third kappa shape index (κ3) is 4.66. The molecule has 27 heavy (non-hydrogen) atoms. The Balaban J connectivity index is 1.45. The van der Waals surface area contributed by atoms with Gasteiger partial charge in [0.1, 0.15) is 18.1 Å². The lowest BCUT2D eigenvalue weighted by Gasteiger charge is -2.25. The highest BCUT2D eigenvalue weighted by Crippen LogP contribution is 2.30. The number of rotatable bonds is 5. The van der Waals surface area contributed by atoms with Crippen molar-refractivity contribution in [1.82, 2.24) is 10.7 Å². The molecule has 140 valence electrons. The van der Waals surface area contributed by atoms with E-state index in [0.717, 1.165) is 6.07 Å². The first kappa shape index (κ1) is 18.1. The van der Waals surface area contributed by atoms with Crippen molar-refractivity contribution in [2.45, 2.75) is 6.10 Å². The number of nitrogens with zero attached hydrogens (tertiary/aromatic N) is 1. The molecule has 0 radical (unpaired) electrons. The molecule has 1 atom stereocenters. The van der Waals surface area contributed by atoms with Crippen molar-refractivity contribution in [3.63, 3.8) is 0 Å². The van der Waals surface area contributed by atoms with E-state index in [9.17, 15) is 19.8 Å². The molecule has 4 N–H and O–H groups in total. The van der Waals surface area contributed by atoms with E-state index in [1.54, 1.807) is 24.3 Å². The van der Waals surface area contributed by atoms with E-state index in [1.165, 1.54) is 18.3 Å². The number of phenolic OH excluding ortho intramolecular Hbond substituents is 2. The Hall–Kier alpha value is -3.75. The molecule has 1 heterocycles. The van der Waals surface area contributed by atoms with Crippen LogP contribution in [0.2, 0.25) is 0 Å². The molecule has 2 aromatic rings. The van der Waals surface area contributed by atoms with Crippen LogP contribution in [0.1, 0.15) is 5.56 Å². The topological polar surface area (TPSA) is 129 Å². The molecule has 0 aliphatic carbocycles. The Morgan fingerprint density at radius 3 is 2.74 bits per heavy atom. The van der Waals surface area contributed by atoms with Gasteiger partial charge in [-0.3, -0.25) is 9.59 Å². The summed E-state index contributed by atoms with van der Waals surface area (Å²) in [6, 6.07) is 10.9. The van der Waals surface area contributed by atoms with Crippen molar-refractivity contribution in [2.75, 3.05) is 13.2 Å². The summed E-state index contributed by atoms with van der Waals surface area (Å²) in [4.78, 5) is 23.8. The predicted octanol–water partition coefficient (Wildman–Crippen LogP) is 0.504. The number of hydrogen-bond donors (Lipinski definition) is 4. The molecular weight excluding hydrogens is 354 g/mol. The number of amides is 2. The summed E-state index contributed by atoms with van der Waals surface area (Å²) in [5, 5.41) is 24.9. The standard InChI is InChI=1S/C18H17N3O6/c22-12-6-5-11(13(23)7-12)8-20-21-17(24)9-19-18(25)16-10-26-14-3-1-2-4-15(14)27-16/h1-8,16,22-23H,9-10H2,(H,19,25)(H,21,24)/b20-8+/t16-/m0/s1. The number of nitrogens with one attached hydrogen (secondary N) is 2.